The number of ether oxygens (including phenoxy) is 1. The molecule has 2 amide bonds. The van der Waals surface area contributed by atoms with Gasteiger partial charge in [0.1, 0.15) is 5.75 Å². The lowest BCUT2D eigenvalue weighted by Crippen LogP contribution is -2.36. The van der Waals surface area contributed by atoms with E-state index in [1.54, 1.807) is 24.3 Å². The Bertz CT molecular complexity index is 1120. The zero-order chi connectivity index (χ0) is 22.4. The van der Waals surface area contributed by atoms with Gasteiger partial charge in [0.25, 0.3) is 5.56 Å². The highest BCUT2D eigenvalue weighted by atomic mass is 32.1. The molecule has 0 radical (unpaired) electrons. The maximum Gasteiger partial charge on any atom is 0.319 e. The summed E-state index contributed by atoms with van der Waals surface area (Å²) >= 11 is 1.58. The summed E-state index contributed by atoms with van der Waals surface area (Å²) in [5.41, 5.74) is 0.860. The molecule has 3 aromatic rings. The lowest BCUT2D eigenvalue weighted by molar-refractivity contribution is -0.143. The molecule has 2 aromatic heterocycles. The molecule has 0 unspecified atom stereocenters. The number of amides is 2. The number of pyridine rings is 1. The van der Waals surface area contributed by atoms with Crippen molar-refractivity contribution in [3.8, 4) is 16.2 Å². The average Bonchev–Trinajstić information content (AvgIpc) is 3.29. The van der Waals surface area contributed by atoms with Crippen LogP contribution in [0.1, 0.15) is 24.9 Å². The molecule has 2 heterocycles. The van der Waals surface area contributed by atoms with E-state index in [1.807, 2.05) is 35.7 Å². The first-order chi connectivity index (χ1) is 14.9. The molecule has 0 saturated carbocycles. The molecule has 31 heavy (non-hydrogen) atoms. The van der Waals surface area contributed by atoms with E-state index in [9.17, 15) is 19.5 Å². The fourth-order valence-electron chi connectivity index (χ4n) is 3.04. The Hall–Kier alpha value is -3.59. The zero-order valence-corrected chi connectivity index (χ0v) is 17.9. The third kappa shape index (κ3) is 5.52. The van der Waals surface area contributed by atoms with Crippen molar-refractivity contribution in [2.45, 2.75) is 19.4 Å². The maximum absolute atomic E-state index is 12.6. The van der Waals surface area contributed by atoms with Gasteiger partial charge in [-0.2, -0.15) is 0 Å². The number of urea groups is 1. The molecule has 3 rings (SSSR count). The lowest BCUT2D eigenvalue weighted by atomic mass is 10.0. The first-order valence-electron chi connectivity index (χ1n) is 9.64. The summed E-state index contributed by atoms with van der Waals surface area (Å²) < 4.78 is 6.28. The number of carbonyl (C=O) groups excluding carboxylic acids is 2. The van der Waals surface area contributed by atoms with Crippen molar-refractivity contribution in [2.24, 2.45) is 7.05 Å². The highest BCUT2D eigenvalue weighted by molar-refractivity contribution is 7.13. The normalized spacial score (nSPS) is 11.5. The van der Waals surface area contributed by atoms with E-state index in [4.69, 9.17) is 4.74 Å². The van der Waals surface area contributed by atoms with Crippen LogP contribution in [0.15, 0.2) is 58.8 Å². The molecule has 162 valence electrons. The molecule has 0 bridgehead atoms. The largest absolute Gasteiger partial charge is 0.505 e. The van der Waals surface area contributed by atoms with Gasteiger partial charge < -0.3 is 25.0 Å². The van der Waals surface area contributed by atoms with Gasteiger partial charge in [-0.05, 0) is 41.6 Å². The number of benzene rings is 1. The van der Waals surface area contributed by atoms with Gasteiger partial charge in [0.2, 0.25) is 0 Å². The van der Waals surface area contributed by atoms with Crippen LogP contribution >= 0.6 is 11.3 Å². The minimum Gasteiger partial charge on any atom is -0.505 e. The SMILES string of the molecule is CCOC(=O)C[C@H](NC(=O)Nc1c(O)ccn(C)c1=O)c1cccc(-c2cccs2)c1. The Kier molecular flexibility index (Phi) is 7.09. The summed E-state index contributed by atoms with van der Waals surface area (Å²) in [7, 11) is 1.50. The van der Waals surface area contributed by atoms with E-state index >= 15 is 0 Å². The van der Waals surface area contributed by atoms with Crippen molar-refractivity contribution < 1.29 is 19.4 Å². The predicted molar refractivity (Wildman–Crippen MR) is 119 cm³/mol. The molecule has 0 saturated heterocycles. The molecular formula is C22H23N3O5S. The van der Waals surface area contributed by atoms with Crippen LogP contribution in [0.25, 0.3) is 10.4 Å². The fourth-order valence-corrected chi connectivity index (χ4v) is 3.76. The molecule has 3 N–H and O–H groups in total. The first kappa shape index (κ1) is 22.1. The summed E-state index contributed by atoms with van der Waals surface area (Å²) in [6.45, 7) is 1.93. The molecule has 8 nitrogen and oxygen atoms in total. The third-order valence-electron chi connectivity index (χ3n) is 4.56. The van der Waals surface area contributed by atoms with Crippen molar-refractivity contribution in [1.29, 1.82) is 0 Å². The van der Waals surface area contributed by atoms with Gasteiger partial charge >= 0.3 is 12.0 Å². The highest BCUT2D eigenvalue weighted by Gasteiger charge is 2.21. The summed E-state index contributed by atoms with van der Waals surface area (Å²) in [5, 5.41) is 17.0. The zero-order valence-electron chi connectivity index (χ0n) is 17.1. The van der Waals surface area contributed by atoms with Crippen molar-refractivity contribution >= 4 is 29.0 Å². The van der Waals surface area contributed by atoms with E-state index < -0.39 is 23.6 Å². The van der Waals surface area contributed by atoms with Gasteiger partial charge in [-0.3, -0.25) is 9.59 Å². The third-order valence-corrected chi connectivity index (χ3v) is 5.48. The molecule has 0 aliphatic heterocycles. The molecule has 1 aromatic carbocycles. The summed E-state index contributed by atoms with van der Waals surface area (Å²) in [4.78, 5) is 38.0. The second kappa shape index (κ2) is 9.94. The number of hydrogen-bond donors (Lipinski definition) is 3. The van der Waals surface area contributed by atoms with Gasteiger partial charge in [-0.1, -0.05) is 24.3 Å². The second-order valence-electron chi connectivity index (χ2n) is 6.75. The number of aromatic nitrogens is 1. The van der Waals surface area contributed by atoms with Crippen LogP contribution < -0.4 is 16.2 Å². The van der Waals surface area contributed by atoms with Crippen molar-refractivity contribution in [1.82, 2.24) is 9.88 Å². The van der Waals surface area contributed by atoms with E-state index in [1.165, 1.54) is 23.9 Å². The second-order valence-corrected chi connectivity index (χ2v) is 7.70. The van der Waals surface area contributed by atoms with Crippen LogP contribution in [0.5, 0.6) is 5.75 Å². The Labute approximate surface area is 183 Å². The number of esters is 1. The van der Waals surface area contributed by atoms with Crippen LogP contribution in [0.4, 0.5) is 10.5 Å². The van der Waals surface area contributed by atoms with Crippen LogP contribution in [0.2, 0.25) is 0 Å². The highest BCUT2D eigenvalue weighted by Crippen LogP contribution is 2.28. The van der Waals surface area contributed by atoms with Crippen molar-refractivity contribution in [2.75, 3.05) is 11.9 Å². The Morgan fingerprint density at radius 1 is 1.23 bits per heavy atom. The monoisotopic (exact) mass is 441 g/mol. The minimum atomic E-state index is -0.727. The van der Waals surface area contributed by atoms with Crippen molar-refractivity contribution in [3.63, 3.8) is 0 Å². The Morgan fingerprint density at radius 3 is 2.74 bits per heavy atom. The number of hydrogen-bond acceptors (Lipinski definition) is 6. The van der Waals surface area contributed by atoms with Crippen LogP contribution in [0, 0.1) is 0 Å². The molecule has 1 atom stereocenters. The van der Waals surface area contributed by atoms with Gasteiger partial charge in [0.15, 0.2) is 5.69 Å². The number of thiophene rings is 1. The number of carbonyl (C=O) groups is 2. The summed E-state index contributed by atoms with van der Waals surface area (Å²) in [6.07, 6.45) is 1.30. The number of aryl methyl sites for hydroxylation is 1. The summed E-state index contributed by atoms with van der Waals surface area (Å²) in [5.74, 6) is -0.812. The van der Waals surface area contributed by atoms with Crippen LogP contribution in [-0.2, 0) is 16.6 Å². The number of aromatic hydroxyl groups is 1. The van der Waals surface area contributed by atoms with Crippen LogP contribution in [0.3, 0.4) is 0 Å². The number of nitrogens with zero attached hydrogens (tertiary/aromatic N) is 1. The number of rotatable bonds is 7. The number of anilines is 1. The van der Waals surface area contributed by atoms with Gasteiger partial charge in [0.05, 0.1) is 19.1 Å². The van der Waals surface area contributed by atoms with Gasteiger partial charge in [-0.25, -0.2) is 4.79 Å². The predicted octanol–water partition coefficient (Wildman–Crippen LogP) is 3.64. The van der Waals surface area contributed by atoms with Crippen LogP contribution in [-0.4, -0.2) is 28.3 Å². The topological polar surface area (TPSA) is 110 Å². The quantitative estimate of drug-likeness (QED) is 0.485. The maximum atomic E-state index is 12.6. The molecule has 0 aliphatic carbocycles. The van der Waals surface area contributed by atoms with E-state index in [0.717, 1.165) is 10.4 Å². The molecule has 0 aliphatic rings. The minimum absolute atomic E-state index is 0.0893. The number of nitrogens with one attached hydrogen (secondary N) is 2. The molecule has 0 fully saturated rings. The van der Waals surface area contributed by atoms with E-state index in [2.05, 4.69) is 10.6 Å². The molecule has 9 heteroatoms. The Morgan fingerprint density at radius 2 is 2.03 bits per heavy atom. The standard InChI is InChI=1S/C22H23N3O5S/c1-3-30-19(27)13-16(14-6-4-7-15(12-14)18-8-5-11-31-18)23-22(29)24-20-17(26)9-10-25(2)21(20)28/h4-12,16,26H,3,13H2,1-2H3,(H2,23,24,29)/t16-/m0/s1. The lowest BCUT2D eigenvalue weighted by Gasteiger charge is -2.20. The summed E-state index contributed by atoms with van der Waals surface area (Å²) in [6, 6.07) is 11.3. The average molecular weight is 442 g/mol. The van der Waals surface area contributed by atoms with E-state index in [-0.39, 0.29) is 24.5 Å². The first-order valence-corrected chi connectivity index (χ1v) is 10.5. The van der Waals surface area contributed by atoms with Gasteiger partial charge in [-0.15, -0.1) is 11.3 Å². The van der Waals surface area contributed by atoms with E-state index in [0.29, 0.717) is 5.56 Å². The Balaban J connectivity index is 1.85. The molecular weight excluding hydrogens is 418 g/mol. The smallest absolute Gasteiger partial charge is 0.319 e. The van der Waals surface area contributed by atoms with Crippen molar-refractivity contribution in [3.05, 3.63) is 70.0 Å². The van der Waals surface area contributed by atoms with Gasteiger partial charge in [0, 0.05) is 18.1 Å². The molecule has 0 spiro atoms. The fraction of sp³-hybridized carbons (Fsp3) is 0.227.